The van der Waals surface area contributed by atoms with Crippen molar-refractivity contribution in [3.63, 3.8) is 0 Å². The van der Waals surface area contributed by atoms with Crippen LogP contribution in [-0.2, 0) is 0 Å². The van der Waals surface area contributed by atoms with Gasteiger partial charge < -0.3 is 10.1 Å². The average molecular weight is 340 g/mol. The first-order chi connectivity index (χ1) is 9.65. The van der Waals surface area contributed by atoms with Crippen molar-refractivity contribution in [2.45, 2.75) is 58.0 Å². The van der Waals surface area contributed by atoms with E-state index < -0.39 is 0 Å². The van der Waals surface area contributed by atoms with Gasteiger partial charge in [-0.2, -0.15) is 0 Å². The van der Waals surface area contributed by atoms with Crippen molar-refractivity contribution in [1.82, 2.24) is 5.32 Å². The molecule has 0 spiro atoms. The van der Waals surface area contributed by atoms with Crippen LogP contribution in [0.25, 0.3) is 0 Å². The summed E-state index contributed by atoms with van der Waals surface area (Å²) in [5.74, 6) is 1.73. The van der Waals surface area contributed by atoms with Gasteiger partial charge in [-0.05, 0) is 59.3 Å². The molecule has 0 radical (unpaired) electrons. The van der Waals surface area contributed by atoms with Gasteiger partial charge in [0.2, 0.25) is 0 Å². The summed E-state index contributed by atoms with van der Waals surface area (Å²) in [6.45, 7) is 4.58. The Morgan fingerprint density at radius 2 is 2.10 bits per heavy atom. The number of nitrogens with one attached hydrogen (secondary N) is 1. The third kappa shape index (κ3) is 3.76. The lowest BCUT2D eigenvalue weighted by Crippen LogP contribution is -2.39. The zero-order valence-electron chi connectivity index (χ0n) is 12.8. The van der Waals surface area contributed by atoms with E-state index in [0.29, 0.717) is 12.1 Å². The van der Waals surface area contributed by atoms with Gasteiger partial charge in [0.1, 0.15) is 5.75 Å². The molecule has 0 amide bonds. The van der Waals surface area contributed by atoms with Crippen molar-refractivity contribution >= 4 is 15.9 Å². The molecule has 3 heteroatoms. The molecule has 1 fully saturated rings. The normalized spacial score (nSPS) is 24.4. The standard InChI is InChI=1S/C17H26BrNO/c1-4-13-7-5-6-8-16(13)19-12(2)14-9-10-17(20-3)15(18)11-14/h9-13,16,19H,4-8H2,1-3H3. The summed E-state index contributed by atoms with van der Waals surface area (Å²) in [4.78, 5) is 0. The molecule has 1 aliphatic carbocycles. The minimum Gasteiger partial charge on any atom is -0.496 e. The van der Waals surface area contributed by atoms with Crippen LogP contribution in [0.2, 0.25) is 0 Å². The van der Waals surface area contributed by atoms with Gasteiger partial charge >= 0.3 is 0 Å². The lowest BCUT2D eigenvalue weighted by Gasteiger charge is -2.34. The number of hydrogen-bond acceptors (Lipinski definition) is 2. The Hall–Kier alpha value is -0.540. The summed E-state index contributed by atoms with van der Waals surface area (Å²) in [5, 5.41) is 3.84. The molecule has 1 N–H and O–H groups in total. The maximum Gasteiger partial charge on any atom is 0.133 e. The predicted molar refractivity (Wildman–Crippen MR) is 88.3 cm³/mol. The summed E-state index contributed by atoms with van der Waals surface area (Å²) >= 11 is 3.57. The zero-order valence-corrected chi connectivity index (χ0v) is 14.4. The highest BCUT2D eigenvalue weighted by atomic mass is 79.9. The van der Waals surface area contributed by atoms with E-state index in [1.165, 1.54) is 37.7 Å². The molecule has 20 heavy (non-hydrogen) atoms. The lowest BCUT2D eigenvalue weighted by atomic mass is 9.82. The van der Waals surface area contributed by atoms with Crippen LogP contribution in [0.1, 0.15) is 57.6 Å². The highest BCUT2D eigenvalue weighted by molar-refractivity contribution is 9.10. The van der Waals surface area contributed by atoms with Gasteiger partial charge in [0.15, 0.2) is 0 Å². The molecule has 1 aromatic rings. The van der Waals surface area contributed by atoms with E-state index in [2.05, 4.69) is 47.2 Å². The van der Waals surface area contributed by atoms with Crippen LogP contribution in [0.5, 0.6) is 5.75 Å². The fraction of sp³-hybridized carbons (Fsp3) is 0.647. The summed E-state index contributed by atoms with van der Waals surface area (Å²) in [5.41, 5.74) is 1.32. The predicted octanol–water partition coefficient (Wildman–Crippen LogP) is 5.08. The molecular formula is C17H26BrNO. The monoisotopic (exact) mass is 339 g/mol. The number of methoxy groups -OCH3 is 1. The van der Waals surface area contributed by atoms with Crippen LogP contribution in [-0.4, -0.2) is 13.2 Å². The topological polar surface area (TPSA) is 21.3 Å². The fourth-order valence-corrected chi connectivity index (χ4v) is 3.84. The van der Waals surface area contributed by atoms with Gasteiger partial charge in [0.25, 0.3) is 0 Å². The molecule has 0 heterocycles. The highest BCUT2D eigenvalue weighted by Gasteiger charge is 2.25. The van der Waals surface area contributed by atoms with E-state index in [9.17, 15) is 0 Å². The first-order valence-electron chi connectivity index (χ1n) is 7.75. The Labute approximate surface area is 131 Å². The Bertz CT molecular complexity index is 435. The number of ether oxygens (including phenoxy) is 1. The van der Waals surface area contributed by atoms with Crippen molar-refractivity contribution in [2.75, 3.05) is 7.11 Å². The van der Waals surface area contributed by atoms with E-state index in [-0.39, 0.29) is 0 Å². The van der Waals surface area contributed by atoms with Crippen LogP contribution in [0.15, 0.2) is 22.7 Å². The third-order valence-corrected chi connectivity index (χ3v) is 5.19. The Morgan fingerprint density at radius 3 is 2.75 bits per heavy atom. The van der Waals surface area contributed by atoms with E-state index in [1.807, 2.05) is 6.07 Å². The third-order valence-electron chi connectivity index (χ3n) is 4.57. The molecule has 0 bridgehead atoms. The molecule has 1 aromatic carbocycles. The second kappa shape index (κ2) is 7.46. The molecule has 2 nitrogen and oxygen atoms in total. The summed E-state index contributed by atoms with van der Waals surface area (Å²) in [7, 11) is 1.70. The van der Waals surface area contributed by atoms with Crippen LogP contribution in [0, 0.1) is 5.92 Å². The second-order valence-electron chi connectivity index (χ2n) is 5.84. The number of halogens is 1. The number of benzene rings is 1. The van der Waals surface area contributed by atoms with E-state index in [0.717, 1.165) is 16.1 Å². The first-order valence-corrected chi connectivity index (χ1v) is 8.54. The summed E-state index contributed by atoms with van der Waals surface area (Å²) in [6, 6.07) is 7.42. The highest BCUT2D eigenvalue weighted by Crippen LogP contribution is 2.31. The average Bonchev–Trinajstić information content (AvgIpc) is 2.47. The number of rotatable bonds is 5. The van der Waals surface area contributed by atoms with E-state index in [4.69, 9.17) is 4.74 Å². The molecular weight excluding hydrogens is 314 g/mol. The van der Waals surface area contributed by atoms with Gasteiger partial charge in [-0.15, -0.1) is 0 Å². The van der Waals surface area contributed by atoms with Crippen LogP contribution in [0.3, 0.4) is 0 Å². The Balaban J connectivity index is 2.03. The van der Waals surface area contributed by atoms with E-state index >= 15 is 0 Å². The van der Waals surface area contributed by atoms with Crippen LogP contribution >= 0.6 is 15.9 Å². The SMILES string of the molecule is CCC1CCCCC1NC(C)c1ccc(OC)c(Br)c1. The van der Waals surface area contributed by atoms with Crippen molar-refractivity contribution in [2.24, 2.45) is 5.92 Å². The molecule has 1 saturated carbocycles. The Morgan fingerprint density at radius 1 is 1.35 bits per heavy atom. The molecule has 0 aliphatic heterocycles. The van der Waals surface area contributed by atoms with Gasteiger partial charge in [0, 0.05) is 12.1 Å². The van der Waals surface area contributed by atoms with Gasteiger partial charge in [-0.1, -0.05) is 32.3 Å². The zero-order chi connectivity index (χ0) is 14.5. The quantitative estimate of drug-likeness (QED) is 0.807. The van der Waals surface area contributed by atoms with Crippen molar-refractivity contribution in [1.29, 1.82) is 0 Å². The molecule has 0 saturated heterocycles. The molecule has 0 aromatic heterocycles. The minimum atomic E-state index is 0.384. The maximum atomic E-state index is 5.30. The van der Waals surface area contributed by atoms with Crippen molar-refractivity contribution < 1.29 is 4.74 Å². The molecule has 1 aliphatic rings. The summed E-state index contributed by atoms with van der Waals surface area (Å²) < 4.78 is 6.33. The van der Waals surface area contributed by atoms with Crippen molar-refractivity contribution in [3.05, 3.63) is 28.2 Å². The smallest absolute Gasteiger partial charge is 0.133 e. The second-order valence-corrected chi connectivity index (χ2v) is 6.70. The number of hydrogen-bond donors (Lipinski definition) is 1. The largest absolute Gasteiger partial charge is 0.496 e. The van der Waals surface area contributed by atoms with Gasteiger partial charge in [-0.25, -0.2) is 0 Å². The van der Waals surface area contributed by atoms with Gasteiger partial charge in [0.05, 0.1) is 11.6 Å². The van der Waals surface area contributed by atoms with E-state index in [1.54, 1.807) is 7.11 Å². The lowest BCUT2D eigenvalue weighted by molar-refractivity contribution is 0.240. The van der Waals surface area contributed by atoms with Crippen molar-refractivity contribution in [3.8, 4) is 5.75 Å². The van der Waals surface area contributed by atoms with Gasteiger partial charge in [-0.3, -0.25) is 0 Å². The minimum absolute atomic E-state index is 0.384. The first kappa shape index (κ1) is 15.8. The summed E-state index contributed by atoms with van der Waals surface area (Å²) in [6.07, 6.45) is 6.76. The maximum absolute atomic E-state index is 5.30. The van der Waals surface area contributed by atoms with Crippen LogP contribution in [0.4, 0.5) is 0 Å². The molecule has 3 atom stereocenters. The fourth-order valence-electron chi connectivity index (χ4n) is 3.29. The molecule has 112 valence electrons. The van der Waals surface area contributed by atoms with Crippen LogP contribution < -0.4 is 10.1 Å². The molecule has 3 unspecified atom stereocenters. The molecule has 2 rings (SSSR count). The Kier molecular flexibility index (Phi) is 5.91.